The molecule has 202 valence electrons. The van der Waals surface area contributed by atoms with Crippen molar-refractivity contribution in [3.05, 3.63) is 156 Å². The zero-order chi connectivity index (χ0) is 28.4. The average molecular weight is 541 g/mol. The lowest BCUT2D eigenvalue weighted by Gasteiger charge is -2.34. The van der Waals surface area contributed by atoms with Crippen LogP contribution < -0.4 is 4.90 Å². The molecular weight excluding hydrogens is 508 g/mol. The molecule has 1 aliphatic rings. The summed E-state index contributed by atoms with van der Waals surface area (Å²) in [5, 5.41) is 2.57. The van der Waals surface area contributed by atoms with Gasteiger partial charge in [-0.25, -0.2) is 0 Å². The minimum atomic E-state index is -0.0717. The number of hydrogen-bond acceptors (Lipinski definition) is 1. The monoisotopic (exact) mass is 540 g/mol. The molecular formula is C40H32N2. The van der Waals surface area contributed by atoms with Gasteiger partial charge in [0.25, 0.3) is 0 Å². The summed E-state index contributed by atoms with van der Waals surface area (Å²) >= 11 is 0. The van der Waals surface area contributed by atoms with E-state index in [1.807, 2.05) is 0 Å². The Hall–Kier alpha value is -5.08. The van der Waals surface area contributed by atoms with Gasteiger partial charge in [0.05, 0.1) is 16.7 Å². The van der Waals surface area contributed by atoms with E-state index in [4.69, 9.17) is 0 Å². The second-order valence-corrected chi connectivity index (χ2v) is 12.0. The molecule has 0 N–H and O–H groups in total. The van der Waals surface area contributed by atoms with Crippen LogP contribution in [0.4, 0.5) is 17.1 Å². The van der Waals surface area contributed by atoms with E-state index in [1.165, 1.54) is 55.3 Å². The third-order valence-electron chi connectivity index (χ3n) is 9.05. The quantitative estimate of drug-likeness (QED) is 0.216. The number of para-hydroxylation sites is 2. The van der Waals surface area contributed by atoms with Crippen molar-refractivity contribution in [2.24, 2.45) is 0 Å². The fourth-order valence-electron chi connectivity index (χ4n) is 6.87. The summed E-state index contributed by atoms with van der Waals surface area (Å²) in [6.45, 7) is 6.85. The number of rotatable bonds is 4. The number of aryl methyl sites for hydroxylation is 1. The Labute approximate surface area is 247 Å². The van der Waals surface area contributed by atoms with Gasteiger partial charge in [-0.15, -0.1) is 0 Å². The SMILES string of the molecule is Cc1ccc(N(c2ccc(-c3ccccc3)cc2)c2ccc3c(c2)c2cccc4c2n3-c2ccccc2C4(C)C)cc1. The molecule has 7 aromatic rings. The molecule has 1 aliphatic heterocycles. The summed E-state index contributed by atoms with van der Waals surface area (Å²) in [6, 6.07) is 51.0. The maximum absolute atomic E-state index is 2.48. The van der Waals surface area contributed by atoms with Gasteiger partial charge in [-0.1, -0.05) is 110 Å². The Morgan fingerprint density at radius 2 is 1.14 bits per heavy atom. The van der Waals surface area contributed by atoms with E-state index in [-0.39, 0.29) is 5.41 Å². The zero-order valence-electron chi connectivity index (χ0n) is 24.2. The minimum Gasteiger partial charge on any atom is -0.310 e. The Bertz CT molecular complexity index is 2100. The van der Waals surface area contributed by atoms with Crippen LogP contribution in [0.3, 0.4) is 0 Å². The van der Waals surface area contributed by atoms with Crippen molar-refractivity contribution in [3.8, 4) is 16.8 Å². The number of benzene rings is 6. The molecule has 2 heteroatoms. The smallest absolute Gasteiger partial charge is 0.0582 e. The second-order valence-electron chi connectivity index (χ2n) is 12.0. The van der Waals surface area contributed by atoms with E-state index >= 15 is 0 Å². The first-order valence-corrected chi connectivity index (χ1v) is 14.7. The highest BCUT2D eigenvalue weighted by Gasteiger charge is 2.34. The first-order valence-electron chi connectivity index (χ1n) is 14.7. The van der Waals surface area contributed by atoms with E-state index in [0.29, 0.717) is 0 Å². The predicted molar refractivity (Wildman–Crippen MR) is 178 cm³/mol. The molecule has 0 saturated carbocycles. The third kappa shape index (κ3) is 3.65. The van der Waals surface area contributed by atoms with Gasteiger partial charge >= 0.3 is 0 Å². The number of anilines is 3. The summed E-state index contributed by atoms with van der Waals surface area (Å²) in [4.78, 5) is 2.37. The van der Waals surface area contributed by atoms with Crippen LogP contribution >= 0.6 is 0 Å². The number of hydrogen-bond donors (Lipinski definition) is 0. The third-order valence-corrected chi connectivity index (χ3v) is 9.05. The molecule has 2 nitrogen and oxygen atoms in total. The van der Waals surface area contributed by atoms with Gasteiger partial charge in [-0.3, -0.25) is 0 Å². The molecule has 0 atom stereocenters. The maximum atomic E-state index is 2.48. The van der Waals surface area contributed by atoms with Crippen molar-refractivity contribution in [2.75, 3.05) is 4.90 Å². The number of nitrogens with zero attached hydrogens (tertiary/aromatic N) is 2. The minimum absolute atomic E-state index is 0.0717. The molecule has 42 heavy (non-hydrogen) atoms. The molecule has 0 unspecified atom stereocenters. The van der Waals surface area contributed by atoms with Crippen molar-refractivity contribution >= 4 is 38.9 Å². The van der Waals surface area contributed by atoms with Crippen LogP contribution in [-0.4, -0.2) is 4.57 Å². The maximum Gasteiger partial charge on any atom is 0.0582 e. The van der Waals surface area contributed by atoms with Crippen LogP contribution in [0.2, 0.25) is 0 Å². The highest BCUT2D eigenvalue weighted by molar-refractivity contribution is 6.12. The topological polar surface area (TPSA) is 8.17 Å². The highest BCUT2D eigenvalue weighted by Crippen LogP contribution is 2.48. The molecule has 1 aromatic heterocycles. The van der Waals surface area contributed by atoms with Gasteiger partial charge in [0.2, 0.25) is 0 Å². The van der Waals surface area contributed by atoms with Gasteiger partial charge in [-0.2, -0.15) is 0 Å². The van der Waals surface area contributed by atoms with Gasteiger partial charge < -0.3 is 9.47 Å². The van der Waals surface area contributed by atoms with Gasteiger partial charge in [-0.05, 0) is 77.7 Å². The second kappa shape index (κ2) is 9.22. The van der Waals surface area contributed by atoms with Gasteiger partial charge in [0.1, 0.15) is 0 Å². The van der Waals surface area contributed by atoms with Crippen LogP contribution in [0.5, 0.6) is 0 Å². The molecule has 0 saturated heterocycles. The molecule has 0 spiro atoms. The summed E-state index contributed by atoms with van der Waals surface area (Å²) < 4.78 is 2.48. The fourth-order valence-corrected chi connectivity index (χ4v) is 6.87. The Kier molecular flexibility index (Phi) is 5.42. The summed E-state index contributed by atoms with van der Waals surface area (Å²) in [7, 11) is 0. The molecule has 0 aliphatic carbocycles. The summed E-state index contributed by atoms with van der Waals surface area (Å²) in [5.74, 6) is 0. The molecule has 0 radical (unpaired) electrons. The van der Waals surface area contributed by atoms with Crippen LogP contribution in [0.1, 0.15) is 30.5 Å². The number of aromatic nitrogens is 1. The van der Waals surface area contributed by atoms with Crippen LogP contribution in [0, 0.1) is 6.92 Å². The van der Waals surface area contributed by atoms with Crippen molar-refractivity contribution < 1.29 is 0 Å². The lowest BCUT2D eigenvalue weighted by Crippen LogP contribution is -2.26. The highest BCUT2D eigenvalue weighted by atomic mass is 15.1. The van der Waals surface area contributed by atoms with E-state index < -0.39 is 0 Å². The summed E-state index contributed by atoms with van der Waals surface area (Å²) in [5.41, 5.74) is 13.6. The van der Waals surface area contributed by atoms with E-state index in [2.05, 4.69) is 170 Å². The largest absolute Gasteiger partial charge is 0.310 e. The Balaban J connectivity index is 1.35. The van der Waals surface area contributed by atoms with E-state index in [9.17, 15) is 0 Å². The Morgan fingerprint density at radius 1 is 0.524 bits per heavy atom. The van der Waals surface area contributed by atoms with E-state index in [0.717, 1.165) is 17.1 Å². The average Bonchev–Trinajstić information content (AvgIpc) is 3.36. The van der Waals surface area contributed by atoms with Crippen LogP contribution in [-0.2, 0) is 5.41 Å². The molecule has 2 heterocycles. The van der Waals surface area contributed by atoms with Crippen molar-refractivity contribution in [1.82, 2.24) is 4.57 Å². The van der Waals surface area contributed by atoms with Gasteiger partial charge in [0, 0.05) is 33.2 Å². The molecule has 6 aromatic carbocycles. The van der Waals surface area contributed by atoms with Crippen LogP contribution in [0.25, 0.3) is 38.6 Å². The van der Waals surface area contributed by atoms with Crippen molar-refractivity contribution in [1.29, 1.82) is 0 Å². The summed E-state index contributed by atoms with van der Waals surface area (Å²) in [6.07, 6.45) is 0. The number of fused-ring (bicyclic) bond motifs is 5. The van der Waals surface area contributed by atoms with Crippen molar-refractivity contribution in [3.63, 3.8) is 0 Å². The Morgan fingerprint density at radius 3 is 1.90 bits per heavy atom. The molecule has 8 rings (SSSR count). The normalized spacial score (nSPS) is 13.3. The zero-order valence-corrected chi connectivity index (χ0v) is 24.2. The first kappa shape index (κ1) is 24.7. The van der Waals surface area contributed by atoms with Crippen molar-refractivity contribution in [2.45, 2.75) is 26.2 Å². The molecule has 0 fully saturated rings. The predicted octanol–water partition coefficient (Wildman–Crippen LogP) is 10.9. The van der Waals surface area contributed by atoms with E-state index in [1.54, 1.807) is 0 Å². The van der Waals surface area contributed by atoms with Crippen LogP contribution in [0.15, 0.2) is 140 Å². The standard InChI is InChI=1S/C40H32N2/c1-27-16-20-30(21-17-27)41(31-22-18-29(19-23-31)28-10-5-4-6-11-28)32-24-25-37-34(26-32)33-12-9-14-36-39(33)42(37)38-15-8-7-13-35(38)40(36,2)3/h4-26H,1-3H3. The lowest BCUT2D eigenvalue weighted by molar-refractivity contribution is 0.630. The lowest BCUT2D eigenvalue weighted by atomic mass is 9.75. The molecule has 0 amide bonds. The first-order chi connectivity index (χ1) is 20.5. The molecule has 0 bridgehead atoms. The fraction of sp³-hybridized carbons (Fsp3) is 0.100. The van der Waals surface area contributed by atoms with Gasteiger partial charge in [0.15, 0.2) is 0 Å².